The van der Waals surface area contributed by atoms with Crippen molar-refractivity contribution in [3.05, 3.63) is 59.4 Å². The van der Waals surface area contributed by atoms with Crippen molar-refractivity contribution < 1.29 is 9.47 Å². The van der Waals surface area contributed by atoms with E-state index in [2.05, 4.69) is 41.3 Å². The molecule has 2 unspecified atom stereocenters. The van der Waals surface area contributed by atoms with Crippen LogP contribution in [0.4, 0.5) is 0 Å². The third kappa shape index (κ3) is 2.62. The normalized spacial score (nSPS) is 30.6. The molecule has 2 atom stereocenters. The zero-order chi connectivity index (χ0) is 15.7. The predicted molar refractivity (Wildman–Crippen MR) is 90.9 cm³/mol. The zero-order valence-corrected chi connectivity index (χ0v) is 13.8. The number of hydrogen-bond donors (Lipinski definition) is 0. The van der Waals surface area contributed by atoms with Gasteiger partial charge in [-0.1, -0.05) is 30.3 Å². The lowest BCUT2D eigenvalue weighted by atomic mass is 9.70. The molecule has 1 fully saturated rings. The molecule has 1 saturated heterocycles. The van der Waals surface area contributed by atoms with E-state index in [-0.39, 0.29) is 11.5 Å². The number of hydrogen-bond acceptors (Lipinski definition) is 3. The molecule has 0 amide bonds. The van der Waals surface area contributed by atoms with Crippen molar-refractivity contribution in [2.75, 3.05) is 26.8 Å². The van der Waals surface area contributed by atoms with Gasteiger partial charge in [0.05, 0.1) is 12.4 Å². The highest BCUT2D eigenvalue weighted by Crippen LogP contribution is 2.52. The number of piperidine rings is 1. The standard InChI is InChI=1S/C20H25NO2/c1-22-19-14-21(13-16-5-3-2-4-6-16)11-10-20(19)9-7-17-15-23-12-8-18(17)20/h2-6,8,12,19H,7,9-11,13-15H2,1H3. The van der Waals surface area contributed by atoms with E-state index in [0.717, 1.165) is 32.7 Å². The zero-order valence-electron chi connectivity index (χ0n) is 13.8. The van der Waals surface area contributed by atoms with Crippen LogP contribution in [-0.4, -0.2) is 37.8 Å². The molecular weight excluding hydrogens is 286 g/mol. The van der Waals surface area contributed by atoms with Gasteiger partial charge >= 0.3 is 0 Å². The summed E-state index contributed by atoms with van der Waals surface area (Å²) in [6.45, 7) is 3.94. The maximum absolute atomic E-state index is 6.00. The van der Waals surface area contributed by atoms with Gasteiger partial charge in [-0.3, -0.25) is 4.90 Å². The Kier molecular flexibility index (Phi) is 4.00. The molecule has 0 saturated carbocycles. The molecule has 3 heteroatoms. The highest BCUT2D eigenvalue weighted by atomic mass is 16.5. The smallest absolute Gasteiger partial charge is 0.109 e. The van der Waals surface area contributed by atoms with Crippen LogP contribution in [0.15, 0.2) is 53.8 Å². The highest BCUT2D eigenvalue weighted by molar-refractivity contribution is 5.40. The third-order valence-corrected chi connectivity index (χ3v) is 5.83. The van der Waals surface area contributed by atoms with E-state index >= 15 is 0 Å². The highest BCUT2D eigenvalue weighted by Gasteiger charge is 2.49. The molecule has 1 spiro atoms. The van der Waals surface area contributed by atoms with E-state index in [9.17, 15) is 0 Å². The molecule has 3 nitrogen and oxygen atoms in total. The van der Waals surface area contributed by atoms with E-state index in [4.69, 9.17) is 9.47 Å². The maximum Gasteiger partial charge on any atom is 0.109 e. The second kappa shape index (κ2) is 6.14. The second-order valence-electron chi connectivity index (χ2n) is 6.98. The number of ether oxygens (including phenoxy) is 2. The molecule has 2 aliphatic heterocycles. The summed E-state index contributed by atoms with van der Waals surface area (Å²) in [5.74, 6) is 0. The summed E-state index contributed by atoms with van der Waals surface area (Å²) >= 11 is 0. The first-order valence-electron chi connectivity index (χ1n) is 8.61. The van der Waals surface area contributed by atoms with Gasteiger partial charge in [0.25, 0.3) is 0 Å². The van der Waals surface area contributed by atoms with Crippen LogP contribution in [0.2, 0.25) is 0 Å². The molecule has 3 aliphatic rings. The number of rotatable bonds is 3. The summed E-state index contributed by atoms with van der Waals surface area (Å²) in [4.78, 5) is 2.54. The summed E-state index contributed by atoms with van der Waals surface area (Å²) < 4.78 is 11.5. The first-order valence-corrected chi connectivity index (χ1v) is 8.61. The van der Waals surface area contributed by atoms with Crippen molar-refractivity contribution in [1.82, 2.24) is 4.90 Å². The largest absolute Gasteiger partial charge is 0.497 e. The fourth-order valence-electron chi connectivity index (χ4n) is 4.59. The lowest BCUT2D eigenvalue weighted by molar-refractivity contribution is -0.0527. The Hall–Kier alpha value is -1.58. The van der Waals surface area contributed by atoms with Crippen LogP contribution in [0.3, 0.4) is 0 Å². The van der Waals surface area contributed by atoms with Crippen molar-refractivity contribution in [3.8, 4) is 0 Å². The number of benzene rings is 1. The van der Waals surface area contributed by atoms with Crippen LogP contribution in [0.25, 0.3) is 0 Å². The Balaban J connectivity index is 1.52. The van der Waals surface area contributed by atoms with Gasteiger partial charge in [0.15, 0.2) is 0 Å². The minimum absolute atomic E-state index is 0.206. The van der Waals surface area contributed by atoms with Gasteiger partial charge in [-0.25, -0.2) is 0 Å². The minimum Gasteiger partial charge on any atom is -0.497 e. The Morgan fingerprint density at radius 1 is 1.26 bits per heavy atom. The number of likely N-dealkylation sites (tertiary alicyclic amines) is 1. The summed E-state index contributed by atoms with van der Waals surface area (Å²) in [7, 11) is 1.88. The van der Waals surface area contributed by atoms with E-state index in [1.165, 1.54) is 29.6 Å². The second-order valence-corrected chi connectivity index (χ2v) is 6.98. The number of fused-ring (bicyclic) bond motifs is 1. The fraction of sp³-hybridized carbons (Fsp3) is 0.500. The van der Waals surface area contributed by atoms with Crippen molar-refractivity contribution in [2.24, 2.45) is 5.41 Å². The maximum atomic E-state index is 6.00. The van der Waals surface area contributed by atoms with Crippen molar-refractivity contribution in [2.45, 2.75) is 31.9 Å². The van der Waals surface area contributed by atoms with Crippen LogP contribution in [0, 0.1) is 5.41 Å². The lowest BCUT2D eigenvalue weighted by Gasteiger charge is -2.46. The molecule has 1 aromatic carbocycles. The van der Waals surface area contributed by atoms with Crippen LogP contribution in [-0.2, 0) is 16.0 Å². The van der Waals surface area contributed by atoms with Gasteiger partial charge in [0.2, 0.25) is 0 Å². The van der Waals surface area contributed by atoms with Gasteiger partial charge in [-0.15, -0.1) is 0 Å². The Bertz CT molecular complexity index is 622. The summed E-state index contributed by atoms with van der Waals surface area (Å²) in [6.07, 6.45) is 7.90. The van der Waals surface area contributed by atoms with Crippen molar-refractivity contribution >= 4 is 0 Å². The topological polar surface area (TPSA) is 21.7 Å². The molecule has 0 aromatic heterocycles. The summed E-state index contributed by atoms with van der Waals surface area (Å²) in [5, 5.41) is 0. The first kappa shape index (κ1) is 15.0. The third-order valence-electron chi connectivity index (χ3n) is 5.83. The van der Waals surface area contributed by atoms with Crippen LogP contribution in [0.5, 0.6) is 0 Å². The predicted octanol–water partition coefficient (Wildman–Crippen LogP) is 3.53. The van der Waals surface area contributed by atoms with Gasteiger partial charge in [0, 0.05) is 25.6 Å². The Morgan fingerprint density at radius 2 is 2.13 bits per heavy atom. The molecule has 0 bridgehead atoms. The average molecular weight is 311 g/mol. The van der Waals surface area contributed by atoms with Gasteiger partial charge in [-0.2, -0.15) is 0 Å². The van der Waals surface area contributed by atoms with Gasteiger partial charge < -0.3 is 9.47 Å². The van der Waals surface area contributed by atoms with Crippen molar-refractivity contribution in [3.63, 3.8) is 0 Å². The molecule has 0 radical (unpaired) electrons. The number of allylic oxidation sites excluding steroid dienone is 1. The van der Waals surface area contributed by atoms with E-state index < -0.39 is 0 Å². The first-order chi connectivity index (χ1) is 11.3. The van der Waals surface area contributed by atoms with Gasteiger partial charge in [0.1, 0.15) is 6.61 Å². The van der Waals surface area contributed by atoms with E-state index in [1.54, 1.807) is 0 Å². The molecule has 122 valence electrons. The molecular formula is C20H25NO2. The molecule has 4 rings (SSSR count). The van der Waals surface area contributed by atoms with E-state index in [1.807, 2.05) is 13.4 Å². The monoisotopic (exact) mass is 311 g/mol. The molecule has 23 heavy (non-hydrogen) atoms. The van der Waals surface area contributed by atoms with Gasteiger partial charge in [-0.05, 0) is 48.6 Å². The lowest BCUT2D eigenvalue weighted by Crippen LogP contribution is -2.51. The molecule has 1 aromatic rings. The number of nitrogens with zero attached hydrogens (tertiary/aromatic N) is 1. The Morgan fingerprint density at radius 3 is 2.96 bits per heavy atom. The molecule has 2 heterocycles. The fourth-order valence-corrected chi connectivity index (χ4v) is 4.59. The van der Waals surface area contributed by atoms with Crippen LogP contribution >= 0.6 is 0 Å². The van der Waals surface area contributed by atoms with Crippen LogP contribution < -0.4 is 0 Å². The van der Waals surface area contributed by atoms with E-state index in [0.29, 0.717) is 0 Å². The molecule has 0 N–H and O–H groups in total. The minimum atomic E-state index is 0.206. The molecule has 1 aliphatic carbocycles. The van der Waals surface area contributed by atoms with Crippen LogP contribution in [0.1, 0.15) is 24.8 Å². The summed E-state index contributed by atoms with van der Waals surface area (Å²) in [6, 6.07) is 10.7. The summed E-state index contributed by atoms with van der Waals surface area (Å²) in [5.41, 5.74) is 4.59. The quantitative estimate of drug-likeness (QED) is 0.852. The SMILES string of the molecule is COC1CN(Cc2ccccc2)CCC12CCC1=C2C=COC1. The average Bonchev–Trinajstić information content (AvgIpc) is 2.97. The number of methoxy groups -OCH3 is 1. The Labute approximate surface area is 138 Å². The van der Waals surface area contributed by atoms with Crippen molar-refractivity contribution in [1.29, 1.82) is 0 Å².